The van der Waals surface area contributed by atoms with Crippen LogP contribution in [0.4, 0.5) is 0 Å². The summed E-state index contributed by atoms with van der Waals surface area (Å²) in [5, 5.41) is 0.241. The van der Waals surface area contributed by atoms with Gasteiger partial charge in [-0.3, -0.25) is 0 Å². The van der Waals surface area contributed by atoms with E-state index in [1.165, 1.54) is 0 Å². The van der Waals surface area contributed by atoms with Crippen LogP contribution in [0.15, 0.2) is 0 Å². The summed E-state index contributed by atoms with van der Waals surface area (Å²) in [7, 11) is 4.06. The van der Waals surface area contributed by atoms with Crippen LogP contribution in [0, 0.1) is 0 Å². The average molecular weight is 136 g/mol. The number of rotatable bonds is 2. The zero-order valence-corrected chi connectivity index (χ0v) is 6.74. The Morgan fingerprint density at radius 1 is 1.25 bits per heavy atom. The topological polar surface area (TPSA) is 3.24 Å². The molecule has 1 nitrogen and oxygen atoms in total. The summed E-state index contributed by atoms with van der Waals surface area (Å²) in [4.78, 5) is 2.11. The van der Waals surface area contributed by atoms with E-state index in [-0.39, 0.29) is 5.38 Å². The first-order chi connectivity index (χ1) is 3.55. The molecule has 50 valence electrons. The molecule has 0 bridgehead atoms. The molecule has 0 spiro atoms. The van der Waals surface area contributed by atoms with Crippen LogP contribution in [0.25, 0.3) is 0 Å². The molecule has 0 saturated carbocycles. The summed E-state index contributed by atoms with van der Waals surface area (Å²) in [5.74, 6) is 0. The second-order valence-electron chi connectivity index (χ2n) is 2.38. The molecule has 0 saturated heterocycles. The molecule has 0 aromatic rings. The van der Waals surface area contributed by atoms with Gasteiger partial charge in [-0.05, 0) is 27.9 Å². The lowest BCUT2D eigenvalue weighted by molar-refractivity contribution is 0.310. The number of halogens is 1. The Morgan fingerprint density at radius 2 is 1.62 bits per heavy atom. The van der Waals surface area contributed by atoms with Gasteiger partial charge in [0.15, 0.2) is 0 Å². The van der Waals surface area contributed by atoms with Crippen molar-refractivity contribution in [1.82, 2.24) is 4.90 Å². The third kappa shape index (κ3) is 2.53. The molecule has 0 aromatic carbocycles. The maximum atomic E-state index is 5.78. The second-order valence-corrected chi connectivity index (χ2v) is 3.07. The van der Waals surface area contributed by atoms with E-state index in [2.05, 4.69) is 11.8 Å². The lowest BCUT2D eigenvalue weighted by Crippen LogP contribution is -2.31. The van der Waals surface area contributed by atoms with Crippen molar-refractivity contribution in [3.05, 3.63) is 0 Å². The Labute approximate surface area is 56.6 Å². The second kappa shape index (κ2) is 3.31. The van der Waals surface area contributed by atoms with Gasteiger partial charge in [-0.25, -0.2) is 0 Å². The van der Waals surface area contributed by atoms with Gasteiger partial charge in [0.25, 0.3) is 0 Å². The number of alkyl halides is 1. The van der Waals surface area contributed by atoms with E-state index in [0.717, 1.165) is 0 Å². The minimum Gasteiger partial charge on any atom is -0.305 e. The fourth-order valence-electron chi connectivity index (χ4n) is 0.411. The Bertz CT molecular complexity index is 53.5. The van der Waals surface area contributed by atoms with E-state index < -0.39 is 0 Å². The standard InChI is InChI=1S/C6H14ClN/c1-5(7)6(2)8(3)4/h5-6H,1-4H3/t5-,6-/m0/s1. The van der Waals surface area contributed by atoms with Crippen molar-refractivity contribution in [3.63, 3.8) is 0 Å². The molecule has 0 aliphatic heterocycles. The van der Waals surface area contributed by atoms with E-state index in [9.17, 15) is 0 Å². The number of hydrogen-bond acceptors (Lipinski definition) is 1. The van der Waals surface area contributed by atoms with Crippen molar-refractivity contribution in [2.24, 2.45) is 0 Å². The molecule has 2 atom stereocenters. The normalized spacial score (nSPS) is 18.8. The molecule has 0 amide bonds. The molecule has 0 aliphatic carbocycles. The Kier molecular flexibility index (Phi) is 3.41. The molecule has 2 heteroatoms. The zero-order valence-electron chi connectivity index (χ0n) is 5.98. The van der Waals surface area contributed by atoms with Crippen molar-refractivity contribution in [1.29, 1.82) is 0 Å². The van der Waals surface area contributed by atoms with Crippen LogP contribution < -0.4 is 0 Å². The van der Waals surface area contributed by atoms with Gasteiger partial charge in [-0.2, -0.15) is 0 Å². The van der Waals surface area contributed by atoms with Crippen LogP contribution in [0.5, 0.6) is 0 Å². The van der Waals surface area contributed by atoms with Crippen molar-refractivity contribution in [3.8, 4) is 0 Å². The molecule has 8 heavy (non-hydrogen) atoms. The van der Waals surface area contributed by atoms with E-state index >= 15 is 0 Å². The molecular formula is C6H14ClN. The van der Waals surface area contributed by atoms with Crippen LogP contribution in [0.2, 0.25) is 0 Å². The Hall–Kier alpha value is 0.250. The lowest BCUT2D eigenvalue weighted by Gasteiger charge is -2.21. The number of hydrogen-bond donors (Lipinski definition) is 0. The van der Waals surface area contributed by atoms with Crippen molar-refractivity contribution < 1.29 is 0 Å². The predicted molar refractivity (Wildman–Crippen MR) is 38.5 cm³/mol. The third-order valence-electron chi connectivity index (χ3n) is 1.48. The summed E-state index contributed by atoms with van der Waals surface area (Å²) >= 11 is 5.78. The molecular weight excluding hydrogens is 122 g/mol. The maximum Gasteiger partial charge on any atom is 0.0460 e. The molecule has 0 heterocycles. The van der Waals surface area contributed by atoms with Gasteiger partial charge in [-0.15, -0.1) is 11.6 Å². The molecule has 0 fully saturated rings. The van der Waals surface area contributed by atoms with E-state index in [1.54, 1.807) is 0 Å². The highest BCUT2D eigenvalue weighted by Crippen LogP contribution is 2.04. The lowest BCUT2D eigenvalue weighted by atomic mass is 10.2. The summed E-state index contributed by atoms with van der Waals surface area (Å²) in [6.07, 6.45) is 0. The first-order valence-electron chi connectivity index (χ1n) is 2.86. The highest BCUT2D eigenvalue weighted by Gasteiger charge is 2.09. The first kappa shape index (κ1) is 8.25. The molecule has 0 radical (unpaired) electrons. The van der Waals surface area contributed by atoms with Crippen LogP contribution in [-0.2, 0) is 0 Å². The predicted octanol–water partition coefficient (Wildman–Crippen LogP) is 1.56. The minimum atomic E-state index is 0.241. The SMILES string of the molecule is C[C@H](Cl)[C@H](C)N(C)C. The minimum absolute atomic E-state index is 0.241. The largest absolute Gasteiger partial charge is 0.305 e. The van der Waals surface area contributed by atoms with Crippen LogP contribution in [0.3, 0.4) is 0 Å². The quantitative estimate of drug-likeness (QED) is 0.520. The van der Waals surface area contributed by atoms with Gasteiger partial charge in [0.2, 0.25) is 0 Å². The Morgan fingerprint density at radius 3 is 1.62 bits per heavy atom. The van der Waals surface area contributed by atoms with Crippen LogP contribution in [-0.4, -0.2) is 30.4 Å². The molecule has 0 N–H and O–H groups in total. The zero-order chi connectivity index (χ0) is 6.73. The summed E-state index contributed by atoms with van der Waals surface area (Å²) < 4.78 is 0. The van der Waals surface area contributed by atoms with Crippen LogP contribution >= 0.6 is 11.6 Å². The molecule has 0 aromatic heterocycles. The molecule has 0 unspecified atom stereocenters. The highest BCUT2D eigenvalue weighted by molar-refractivity contribution is 6.20. The van der Waals surface area contributed by atoms with E-state index in [1.807, 2.05) is 21.0 Å². The van der Waals surface area contributed by atoms with Gasteiger partial charge >= 0.3 is 0 Å². The fraction of sp³-hybridized carbons (Fsp3) is 1.00. The van der Waals surface area contributed by atoms with Gasteiger partial charge in [0, 0.05) is 11.4 Å². The summed E-state index contributed by atoms with van der Waals surface area (Å²) in [6, 6.07) is 0.469. The first-order valence-corrected chi connectivity index (χ1v) is 3.30. The average Bonchev–Trinajstić information content (AvgIpc) is 1.64. The molecule has 0 aliphatic rings. The molecule has 0 rings (SSSR count). The maximum absolute atomic E-state index is 5.78. The third-order valence-corrected chi connectivity index (χ3v) is 1.84. The van der Waals surface area contributed by atoms with Crippen molar-refractivity contribution in [2.45, 2.75) is 25.3 Å². The van der Waals surface area contributed by atoms with Gasteiger partial charge in [0.1, 0.15) is 0 Å². The van der Waals surface area contributed by atoms with E-state index in [0.29, 0.717) is 6.04 Å². The van der Waals surface area contributed by atoms with E-state index in [4.69, 9.17) is 11.6 Å². The van der Waals surface area contributed by atoms with Gasteiger partial charge < -0.3 is 4.90 Å². The van der Waals surface area contributed by atoms with Gasteiger partial charge in [0.05, 0.1) is 0 Å². The Balaban J connectivity index is 3.46. The summed E-state index contributed by atoms with van der Waals surface area (Å²) in [5.41, 5.74) is 0. The summed E-state index contributed by atoms with van der Waals surface area (Å²) in [6.45, 7) is 4.11. The highest BCUT2D eigenvalue weighted by atomic mass is 35.5. The van der Waals surface area contributed by atoms with Crippen LogP contribution in [0.1, 0.15) is 13.8 Å². The monoisotopic (exact) mass is 135 g/mol. The number of nitrogens with zero attached hydrogens (tertiary/aromatic N) is 1. The van der Waals surface area contributed by atoms with Crippen molar-refractivity contribution >= 4 is 11.6 Å². The smallest absolute Gasteiger partial charge is 0.0460 e. The van der Waals surface area contributed by atoms with Gasteiger partial charge in [-0.1, -0.05) is 0 Å². The van der Waals surface area contributed by atoms with Crippen molar-refractivity contribution in [2.75, 3.05) is 14.1 Å². The fourth-order valence-corrected chi connectivity index (χ4v) is 0.636.